The highest BCUT2D eigenvalue weighted by Gasteiger charge is 2.34. The van der Waals surface area contributed by atoms with Gasteiger partial charge in [0, 0.05) is 13.1 Å². The van der Waals surface area contributed by atoms with Crippen LogP contribution in [0.25, 0.3) is 28.5 Å². The van der Waals surface area contributed by atoms with Gasteiger partial charge in [-0.15, -0.1) is 10.2 Å². The second kappa shape index (κ2) is 7.27. The van der Waals surface area contributed by atoms with Gasteiger partial charge >= 0.3 is 6.18 Å². The highest BCUT2D eigenvalue weighted by Crippen LogP contribution is 2.32. The topological polar surface area (TPSA) is 108 Å². The molecule has 4 rings (SSSR count). The lowest BCUT2D eigenvalue weighted by Gasteiger charge is -2.11. The number of halogens is 4. The van der Waals surface area contributed by atoms with E-state index in [1.807, 2.05) is 0 Å². The fraction of sp³-hybridized carbons (Fsp3) is 0.235. The predicted molar refractivity (Wildman–Crippen MR) is 104 cm³/mol. The minimum atomic E-state index is -4.70. The number of hydrogen-bond donors (Lipinski definition) is 0. The summed E-state index contributed by atoms with van der Waals surface area (Å²) in [7, 11) is -2.26. The third kappa shape index (κ3) is 3.74. The molecule has 0 atom stereocenters. The first-order valence-electron chi connectivity index (χ1n) is 8.73. The Labute approximate surface area is 178 Å². The Hall–Kier alpha value is -3.06. The molecule has 0 aliphatic carbocycles. The first-order chi connectivity index (χ1) is 14.5. The second-order valence-electron chi connectivity index (χ2n) is 6.45. The van der Waals surface area contributed by atoms with Gasteiger partial charge in [0.2, 0.25) is 0 Å². The van der Waals surface area contributed by atoms with Crippen LogP contribution in [-0.4, -0.2) is 48.7 Å². The van der Waals surface area contributed by atoms with Crippen LogP contribution in [0.5, 0.6) is 0 Å². The van der Waals surface area contributed by atoms with Crippen molar-refractivity contribution in [2.75, 3.05) is 5.75 Å². The highest BCUT2D eigenvalue weighted by molar-refractivity contribution is 7.91. The van der Waals surface area contributed by atoms with Gasteiger partial charge in [-0.2, -0.15) is 18.3 Å². The van der Waals surface area contributed by atoms with Crippen LogP contribution in [0.2, 0.25) is 5.02 Å². The van der Waals surface area contributed by atoms with E-state index in [9.17, 15) is 21.6 Å². The third-order valence-electron chi connectivity index (χ3n) is 4.46. The molecule has 0 radical (unpaired) electrons. The van der Waals surface area contributed by atoms with Crippen molar-refractivity contribution < 1.29 is 21.6 Å². The van der Waals surface area contributed by atoms with Crippen molar-refractivity contribution in [2.24, 2.45) is 7.05 Å². The molecule has 14 heteroatoms. The van der Waals surface area contributed by atoms with Crippen LogP contribution in [0, 0.1) is 0 Å². The number of sulfone groups is 1. The molecule has 0 spiro atoms. The minimum Gasteiger partial charge on any atom is -0.309 e. The SMILES string of the molecule is CCS(=O)(=O)c1ccc(-n2cc(Cl)cn2)nc1-c1nc2cc(C(F)(F)F)nnc2n1C. The Morgan fingerprint density at radius 1 is 1.16 bits per heavy atom. The molecule has 0 aliphatic heterocycles. The lowest BCUT2D eigenvalue weighted by molar-refractivity contribution is -0.141. The van der Waals surface area contributed by atoms with E-state index < -0.39 is 21.7 Å². The number of rotatable bonds is 4. The van der Waals surface area contributed by atoms with Crippen LogP contribution in [0.3, 0.4) is 0 Å². The van der Waals surface area contributed by atoms with E-state index in [4.69, 9.17) is 11.6 Å². The maximum Gasteiger partial charge on any atom is 0.435 e. The van der Waals surface area contributed by atoms with Gasteiger partial charge in [0.1, 0.15) is 11.2 Å². The van der Waals surface area contributed by atoms with Crippen LogP contribution < -0.4 is 0 Å². The van der Waals surface area contributed by atoms with Crippen LogP contribution in [-0.2, 0) is 23.1 Å². The average Bonchev–Trinajstić information content (AvgIpc) is 3.30. The molecule has 0 N–H and O–H groups in total. The summed E-state index contributed by atoms with van der Waals surface area (Å²) in [5.74, 6) is 0.0400. The fourth-order valence-corrected chi connectivity index (χ4v) is 4.05. The monoisotopic (exact) mass is 471 g/mol. The van der Waals surface area contributed by atoms with E-state index in [-0.39, 0.29) is 39.1 Å². The van der Waals surface area contributed by atoms with Crippen LogP contribution in [0.1, 0.15) is 12.6 Å². The zero-order chi connectivity index (χ0) is 22.6. The summed E-state index contributed by atoms with van der Waals surface area (Å²) in [5, 5.41) is 11.2. The summed E-state index contributed by atoms with van der Waals surface area (Å²) < 4.78 is 67.0. The lowest BCUT2D eigenvalue weighted by atomic mass is 10.3. The van der Waals surface area contributed by atoms with Crippen molar-refractivity contribution >= 4 is 32.6 Å². The number of imidazole rings is 1. The lowest BCUT2D eigenvalue weighted by Crippen LogP contribution is -2.11. The molecule has 162 valence electrons. The Balaban J connectivity index is 1.99. The van der Waals surface area contributed by atoms with Crippen molar-refractivity contribution in [1.29, 1.82) is 0 Å². The summed E-state index contributed by atoms with van der Waals surface area (Å²) in [5.41, 5.74) is -1.33. The molecule has 0 unspecified atom stereocenters. The number of pyridine rings is 1. The fourth-order valence-electron chi connectivity index (χ4n) is 2.89. The van der Waals surface area contributed by atoms with E-state index in [0.717, 1.165) is 6.07 Å². The van der Waals surface area contributed by atoms with Crippen molar-refractivity contribution in [2.45, 2.75) is 18.0 Å². The van der Waals surface area contributed by atoms with Gasteiger partial charge in [-0.25, -0.2) is 23.1 Å². The highest BCUT2D eigenvalue weighted by atomic mass is 35.5. The van der Waals surface area contributed by atoms with E-state index in [2.05, 4.69) is 25.3 Å². The van der Waals surface area contributed by atoms with Gasteiger partial charge in [0.25, 0.3) is 0 Å². The molecule has 0 aliphatic rings. The number of fused-ring (bicyclic) bond motifs is 1. The van der Waals surface area contributed by atoms with Gasteiger partial charge < -0.3 is 4.57 Å². The molecule has 0 saturated carbocycles. The van der Waals surface area contributed by atoms with Crippen LogP contribution >= 0.6 is 11.6 Å². The van der Waals surface area contributed by atoms with Crippen LogP contribution in [0.4, 0.5) is 13.2 Å². The zero-order valence-electron chi connectivity index (χ0n) is 16.0. The molecule has 31 heavy (non-hydrogen) atoms. The van der Waals surface area contributed by atoms with E-state index >= 15 is 0 Å². The molecule has 0 aromatic carbocycles. The third-order valence-corrected chi connectivity index (χ3v) is 6.42. The first-order valence-corrected chi connectivity index (χ1v) is 10.8. The normalized spacial score (nSPS) is 12.6. The average molecular weight is 472 g/mol. The number of alkyl halides is 3. The van der Waals surface area contributed by atoms with E-state index in [1.54, 1.807) is 0 Å². The molecule has 4 heterocycles. The summed E-state index contributed by atoms with van der Waals surface area (Å²) >= 11 is 5.89. The second-order valence-corrected chi connectivity index (χ2v) is 9.14. The smallest absolute Gasteiger partial charge is 0.309 e. The molecule has 4 aromatic rings. The molecular weight excluding hydrogens is 459 g/mol. The summed E-state index contributed by atoms with van der Waals surface area (Å²) in [6, 6.07) is 3.54. The Morgan fingerprint density at radius 2 is 1.90 bits per heavy atom. The minimum absolute atomic E-state index is 0.00996. The number of aromatic nitrogens is 7. The molecule has 0 saturated heterocycles. The molecule has 9 nitrogen and oxygen atoms in total. The molecule has 0 fully saturated rings. The maximum absolute atomic E-state index is 13.0. The van der Waals surface area contributed by atoms with E-state index in [0.29, 0.717) is 5.02 Å². The van der Waals surface area contributed by atoms with Gasteiger partial charge in [0.15, 0.2) is 32.8 Å². The van der Waals surface area contributed by atoms with Crippen LogP contribution in [0.15, 0.2) is 35.5 Å². The van der Waals surface area contributed by atoms with Crippen molar-refractivity contribution in [3.05, 3.63) is 41.3 Å². The molecule has 0 bridgehead atoms. The Bertz CT molecular complexity index is 1410. The molecular formula is C17H13ClF3N7O2S. The molecule has 0 amide bonds. The summed E-state index contributed by atoms with van der Waals surface area (Å²) in [6.45, 7) is 1.47. The van der Waals surface area contributed by atoms with Crippen molar-refractivity contribution in [1.82, 2.24) is 34.5 Å². The Morgan fingerprint density at radius 3 is 2.52 bits per heavy atom. The van der Waals surface area contributed by atoms with Crippen molar-refractivity contribution in [3.63, 3.8) is 0 Å². The molecule has 4 aromatic heterocycles. The van der Waals surface area contributed by atoms with E-state index in [1.165, 1.54) is 47.7 Å². The quantitative estimate of drug-likeness (QED) is 0.450. The number of nitrogens with zero attached hydrogens (tertiary/aromatic N) is 7. The van der Waals surface area contributed by atoms with Gasteiger partial charge in [-0.3, -0.25) is 0 Å². The van der Waals surface area contributed by atoms with Crippen molar-refractivity contribution in [3.8, 4) is 17.3 Å². The standard InChI is InChI=1S/C17H13ClF3N7O2S/c1-3-31(29,30)11-4-5-13(28-8-9(18)7-22-28)24-14(11)16-23-10-6-12(17(19,20)21)25-26-15(10)27(16)2/h4-8H,3H2,1-2H3. The number of hydrogen-bond acceptors (Lipinski definition) is 7. The maximum atomic E-state index is 13.0. The Kier molecular flexibility index (Phi) is 4.97. The summed E-state index contributed by atoms with van der Waals surface area (Å²) in [6.07, 6.45) is -1.85. The summed E-state index contributed by atoms with van der Waals surface area (Å²) in [4.78, 5) is 8.43. The van der Waals surface area contributed by atoms with Gasteiger partial charge in [-0.1, -0.05) is 18.5 Å². The van der Waals surface area contributed by atoms with Gasteiger partial charge in [-0.05, 0) is 12.1 Å². The number of aryl methyl sites for hydroxylation is 1. The predicted octanol–water partition coefficient (Wildman–Crippen LogP) is 3.08. The largest absolute Gasteiger partial charge is 0.435 e. The first kappa shape index (κ1) is 21.2. The van der Waals surface area contributed by atoms with Gasteiger partial charge in [0.05, 0.1) is 28.1 Å². The zero-order valence-corrected chi connectivity index (χ0v) is 17.5.